The zero-order chi connectivity index (χ0) is 17.5. The van der Waals surface area contributed by atoms with Gasteiger partial charge >= 0.3 is 0 Å². The molecule has 3 rings (SSSR count). The van der Waals surface area contributed by atoms with Crippen LogP contribution in [-0.4, -0.2) is 56.8 Å². The van der Waals surface area contributed by atoms with E-state index in [1.807, 2.05) is 36.1 Å². The van der Waals surface area contributed by atoms with E-state index in [0.29, 0.717) is 25.2 Å². The van der Waals surface area contributed by atoms with Crippen molar-refractivity contribution in [1.29, 1.82) is 0 Å². The smallest absolute Gasteiger partial charge is 0.253 e. The molecule has 2 heterocycles. The van der Waals surface area contributed by atoms with Crippen LogP contribution >= 0.6 is 12.4 Å². The summed E-state index contributed by atoms with van der Waals surface area (Å²) < 4.78 is 11.0. The van der Waals surface area contributed by atoms with Crippen LogP contribution in [0.25, 0.3) is 0 Å². The number of piperidine rings is 2. The number of halogens is 1. The summed E-state index contributed by atoms with van der Waals surface area (Å²) in [5.74, 6) is 0.858. The summed E-state index contributed by atoms with van der Waals surface area (Å²) in [5, 5.41) is 3.44. The van der Waals surface area contributed by atoms with Crippen LogP contribution in [-0.2, 0) is 4.74 Å². The van der Waals surface area contributed by atoms with Crippen molar-refractivity contribution in [2.45, 2.75) is 32.6 Å². The number of ether oxygens (including phenoxy) is 2. The molecule has 2 aliphatic heterocycles. The van der Waals surface area contributed by atoms with Crippen LogP contribution in [0, 0.1) is 5.41 Å². The van der Waals surface area contributed by atoms with Crippen LogP contribution < -0.4 is 10.1 Å². The Kier molecular flexibility index (Phi) is 8.19. The molecule has 0 radical (unpaired) electrons. The van der Waals surface area contributed by atoms with Gasteiger partial charge in [0.25, 0.3) is 5.91 Å². The molecule has 0 unspecified atom stereocenters. The van der Waals surface area contributed by atoms with E-state index in [2.05, 4.69) is 5.32 Å². The van der Waals surface area contributed by atoms with Gasteiger partial charge in [0.2, 0.25) is 0 Å². The van der Waals surface area contributed by atoms with Gasteiger partial charge in [-0.3, -0.25) is 4.79 Å². The molecule has 5 nitrogen and oxygen atoms in total. The van der Waals surface area contributed by atoms with Gasteiger partial charge in [-0.1, -0.05) is 6.07 Å². The highest BCUT2D eigenvalue weighted by atomic mass is 35.5. The standard InChI is InChI=1S/C20H30N2O3.ClH/c1-2-24-14-15-25-18-5-3-4-17(16-18)19(23)22-12-8-20(9-13-22)6-10-21-11-7-20;/h3-5,16,21H,2,6-15H2,1H3;1H. The average molecular weight is 383 g/mol. The Morgan fingerprint density at radius 1 is 1.15 bits per heavy atom. The molecule has 1 aromatic carbocycles. The van der Waals surface area contributed by atoms with E-state index in [4.69, 9.17) is 9.47 Å². The number of hydrogen-bond donors (Lipinski definition) is 1. The molecule has 26 heavy (non-hydrogen) atoms. The van der Waals surface area contributed by atoms with Gasteiger partial charge in [0.05, 0.1) is 6.61 Å². The van der Waals surface area contributed by atoms with E-state index in [-0.39, 0.29) is 18.3 Å². The lowest BCUT2D eigenvalue weighted by atomic mass is 9.71. The first-order valence-electron chi connectivity index (χ1n) is 9.53. The van der Waals surface area contributed by atoms with Gasteiger partial charge in [-0.2, -0.15) is 0 Å². The Morgan fingerprint density at radius 3 is 2.58 bits per heavy atom. The third kappa shape index (κ3) is 5.35. The summed E-state index contributed by atoms with van der Waals surface area (Å²) in [6.07, 6.45) is 4.76. The van der Waals surface area contributed by atoms with E-state index in [1.54, 1.807) is 0 Å². The van der Waals surface area contributed by atoms with Crippen molar-refractivity contribution in [2.75, 3.05) is 46.0 Å². The zero-order valence-electron chi connectivity index (χ0n) is 15.7. The van der Waals surface area contributed by atoms with Gasteiger partial charge in [0, 0.05) is 25.3 Å². The Labute approximate surface area is 162 Å². The minimum atomic E-state index is 0. The largest absolute Gasteiger partial charge is 0.491 e. The molecule has 0 aromatic heterocycles. The van der Waals surface area contributed by atoms with Crippen molar-refractivity contribution in [2.24, 2.45) is 5.41 Å². The molecule has 6 heteroatoms. The van der Waals surface area contributed by atoms with Crippen molar-refractivity contribution in [1.82, 2.24) is 10.2 Å². The molecule has 0 saturated carbocycles. The number of likely N-dealkylation sites (tertiary alicyclic amines) is 1. The lowest BCUT2D eigenvalue weighted by molar-refractivity contribution is 0.0495. The van der Waals surface area contributed by atoms with Crippen LogP contribution in [0.4, 0.5) is 0 Å². The predicted octanol–water partition coefficient (Wildman–Crippen LogP) is 3.13. The molecule has 1 amide bonds. The first-order chi connectivity index (χ1) is 12.2. The lowest BCUT2D eigenvalue weighted by Gasteiger charge is -2.44. The Balaban J connectivity index is 0.00000243. The summed E-state index contributed by atoms with van der Waals surface area (Å²) in [7, 11) is 0. The van der Waals surface area contributed by atoms with Crippen LogP contribution in [0.3, 0.4) is 0 Å². The number of nitrogens with one attached hydrogen (secondary N) is 1. The van der Waals surface area contributed by atoms with Gasteiger partial charge in [-0.15, -0.1) is 12.4 Å². The molecule has 1 aromatic rings. The number of nitrogens with zero attached hydrogens (tertiary/aromatic N) is 1. The number of carbonyl (C=O) groups excluding carboxylic acids is 1. The number of amides is 1. The van der Waals surface area contributed by atoms with Crippen molar-refractivity contribution >= 4 is 18.3 Å². The normalized spacial score (nSPS) is 19.0. The number of hydrogen-bond acceptors (Lipinski definition) is 4. The zero-order valence-corrected chi connectivity index (χ0v) is 16.5. The average Bonchev–Trinajstić information content (AvgIpc) is 2.66. The molecule has 1 N–H and O–H groups in total. The third-order valence-electron chi connectivity index (χ3n) is 5.56. The summed E-state index contributed by atoms with van der Waals surface area (Å²) in [5.41, 5.74) is 1.18. The quantitative estimate of drug-likeness (QED) is 0.768. The maximum absolute atomic E-state index is 12.8. The van der Waals surface area contributed by atoms with Gasteiger partial charge in [-0.25, -0.2) is 0 Å². The molecule has 1 spiro atoms. The second-order valence-corrected chi connectivity index (χ2v) is 7.12. The molecular formula is C20H31ClN2O3. The monoisotopic (exact) mass is 382 g/mol. The fourth-order valence-electron chi connectivity index (χ4n) is 3.91. The molecular weight excluding hydrogens is 352 g/mol. The summed E-state index contributed by atoms with van der Waals surface area (Å²) in [6.45, 7) is 7.70. The van der Waals surface area contributed by atoms with Crippen LogP contribution in [0.5, 0.6) is 5.75 Å². The molecule has 2 saturated heterocycles. The number of benzene rings is 1. The van der Waals surface area contributed by atoms with E-state index in [9.17, 15) is 4.79 Å². The van der Waals surface area contributed by atoms with Crippen molar-refractivity contribution in [3.8, 4) is 5.75 Å². The maximum atomic E-state index is 12.8. The lowest BCUT2D eigenvalue weighted by Crippen LogP contribution is -2.47. The summed E-state index contributed by atoms with van der Waals surface area (Å²) >= 11 is 0. The highest BCUT2D eigenvalue weighted by Gasteiger charge is 2.36. The summed E-state index contributed by atoms with van der Waals surface area (Å²) in [6, 6.07) is 7.51. The topological polar surface area (TPSA) is 50.8 Å². The fourth-order valence-corrected chi connectivity index (χ4v) is 3.91. The van der Waals surface area contributed by atoms with E-state index < -0.39 is 0 Å². The Hall–Kier alpha value is -1.30. The third-order valence-corrected chi connectivity index (χ3v) is 5.56. The fraction of sp³-hybridized carbons (Fsp3) is 0.650. The second-order valence-electron chi connectivity index (χ2n) is 7.12. The number of carbonyl (C=O) groups is 1. The SMILES string of the molecule is CCOCCOc1cccc(C(=O)N2CCC3(CCNCC3)CC2)c1.Cl. The van der Waals surface area contributed by atoms with Crippen LogP contribution in [0.2, 0.25) is 0 Å². The van der Waals surface area contributed by atoms with E-state index >= 15 is 0 Å². The Bertz CT molecular complexity index is 566. The first-order valence-corrected chi connectivity index (χ1v) is 9.53. The highest BCUT2D eigenvalue weighted by molar-refractivity contribution is 5.94. The van der Waals surface area contributed by atoms with Crippen LogP contribution in [0.15, 0.2) is 24.3 Å². The maximum Gasteiger partial charge on any atom is 0.253 e. The van der Waals surface area contributed by atoms with Crippen LogP contribution in [0.1, 0.15) is 43.0 Å². The van der Waals surface area contributed by atoms with Crippen molar-refractivity contribution in [3.05, 3.63) is 29.8 Å². The molecule has 0 bridgehead atoms. The van der Waals surface area contributed by atoms with Gasteiger partial charge in [0.1, 0.15) is 12.4 Å². The summed E-state index contributed by atoms with van der Waals surface area (Å²) in [4.78, 5) is 14.8. The first kappa shape index (κ1) is 21.0. The molecule has 146 valence electrons. The van der Waals surface area contributed by atoms with E-state index in [0.717, 1.165) is 50.3 Å². The Morgan fingerprint density at radius 2 is 1.88 bits per heavy atom. The minimum absolute atomic E-state index is 0. The molecule has 0 aliphatic carbocycles. The predicted molar refractivity (Wildman–Crippen MR) is 105 cm³/mol. The number of rotatable bonds is 6. The molecule has 2 aliphatic rings. The highest BCUT2D eigenvalue weighted by Crippen LogP contribution is 2.39. The van der Waals surface area contributed by atoms with E-state index in [1.165, 1.54) is 12.8 Å². The van der Waals surface area contributed by atoms with Crippen molar-refractivity contribution in [3.63, 3.8) is 0 Å². The van der Waals surface area contributed by atoms with Gasteiger partial charge in [0.15, 0.2) is 0 Å². The van der Waals surface area contributed by atoms with Gasteiger partial charge in [-0.05, 0) is 69.3 Å². The molecule has 2 fully saturated rings. The van der Waals surface area contributed by atoms with Gasteiger partial charge < -0.3 is 19.7 Å². The second kappa shape index (κ2) is 10.1. The van der Waals surface area contributed by atoms with Crippen molar-refractivity contribution < 1.29 is 14.3 Å². The minimum Gasteiger partial charge on any atom is -0.491 e. The molecule has 0 atom stereocenters.